The summed E-state index contributed by atoms with van der Waals surface area (Å²) in [6, 6.07) is 13.9. The first kappa shape index (κ1) is 10.1. The van der Waals surface area contributed by atoms with Gasteiger partial charge in [-0.2, -0.15) is 0 Å². The highest BCUT2D eigenvalue weighted by atomic mass is 16.5. The minimum atomic E-state index is 0.692. The summed E-state index contributed by atoms with van der Waals surface area (Å²) >= 11 is 0. The molecule has 2 aromatic carbocycles. The largest absolute Gasteiger partial charge is 0.493 e. The van der Waals surface area contributed by atoms with E-state index >= 15 is 0 Å². The topological polar surface area (TPSA) is 26.3 Å². The molecular weight excluding hydrogens is 212 g/mol. The lowest BCUT2D eigenvalue weighted by atomic mass is 9.97. The van der Waals surface area contributed by atoms with Crippen molar-refractivity contribution in [3.8, 4) is 16.9 Å². The molecule has 2 nitrogen and oxygen atoms in total. The zero-order chi connectivity index (χ0) is 11.7. The minimum absolute atomic E-state index is 0.692. The summed E-state index contributed by atoms with van der Waals surface area (Å²) in [5.74, 6) is 0.854. The van der Waals surface area contributed by atoms with Gasteiger partial charge in [0, 0.05) is 12.0 Å². The molecule has 1 aliphatic heterocycles. The van der Waals surface area contributed by atoms with Crippen LogP contribution in [0.25, 0.3) is 11.1 Å². The van der Waals surface area contributed by atoms with E-state index in [1.165, 1.54) is 5.56 Å². The van der Waals surface area contributed by atoms with Crippen LogP contribution in [0.5, 0.6) is 5.75 Å². The van der Waals surface area contributed by atoms with Crippen LogP contribution >= 0.6 is 0 Å². The van der Waals surface area contributed by atoms with Gasteiger partial charge in [-0.15, -0.1) is 0 Å². The van der Waals surface area contributed by atoms with Crippen molar-refractivity contribution in [3.63, 3.8) is 0 Å². The quantitative estimate of drug-likeness (QED) is 0.733. The second-order valence-corrected chi connectivity index (χ2v) is 4.13. The maximum absolute atomic E-state index is 11.1. The van der Waals surface area contributed by atoms with Crippen LogP contribution in [0.2, 0.25) is 0 Å². The Morgan fingerprint density at radius 2 is 1.94 bits per heavy atom. The van der Waals surface area contributed by atoms with E-state index in [1.54, 1.807) is 0 Å². The van der Waals surface area contributed by atoms with Crippen molar-refractivity contribution in [2.24, 2.45) is 0 Å². The summed E-state index contributed by atoms with van der Waals surface area (Å²) in [6.45, 7) is 0.714. The monoisotopic (exact) mass is 224 g/mol. The van der Waals surface area contributed by atoms with Crippen molar-refractivity contribution in [1.29, 1.82) is 0 Å². The Labute approximate surface area is 99.9 Å². The van der Waals surface area contributed by atoms with Crippen LogP contribution in [0.1, 0.15) is 15.9 Å². The Morgan fingerprint density at radius 3 is 2.71 bits per heavy atom. The van der Waals surface area contributed by atoms with Crippen LogP contribution < -0.4 is 4.74 Å². The number of carbonyl (C=O) groups excluding carboxylic acids is 1. The Balaban J connectivity index is 2.19. The highest BCUT2D eigenvalue weighted by Crippen LogP contribution is 2.33. The molecule has 2 aromatic rings. The fourth-order valence-corrected chi connectivity index (χ4v) is 2.21. The second-order valence-electron chi connectivity index (χ2n) is 4.13. The first-order valence-electron chi connectivity index (χ1n) is 5.69. The summed E-state index contributed by atoms with van der Waals surface area (Å²) in [6.07, 6.45) is 1.82. The van der Waals surface area contributed by atoms with E-state index < -0.39 is 0 Å². The fourth-order valence-electron chi connectivity index (χ4n) is 2.21. The predicted molar refractivity (Wildman–Crippen MR) is 66.5 cm³/mol. The molecule has 0 spiro atoms. The Hall–Kier alpha value is -2.09. The smallest absolute Gasteiger partial charge is 0.150 e. The maximum atomic E-state index is 11.1. The SMILES string of the molecule is O=Cc1cc2c(cc1-c1ccccc1)CCO2. The van der Waals surface area contributed by atoms with Crippen molar-refractivity contribution in [2.45, 2.75) is 6.42 Å². The van der Waals surface area contributed by atoms with Gasteiger partial charge in [0.2, 0.25) is 0 Å². The van der Waals surface area contributed by atoms with Crippen molar-refractivity contribution in [3.05, 3.63) is 53.6 Å². The van der Waals surface area contributed by atoms with Gasteiger partial charge in [-0.05, 0) is 28.8 Å². The zero-order valence-electron chi connectivity index (χ0n) is 9.35. The second kappa shape index (κ2) is 4.06. The Kier molecular flexibility index (Phi) is 2.41. The number of hydrogen-bond donors (Lipinski definition) is 0. The minimum Gasteiger partial charge on any atom is -0.493 e. The van der Waals surface area contributed by atoms with Crippen LogP contribution in [0.15, 0.2) is 42.5 Å². The molecule has 0 amide bonds. The molecule has 0 fully saturated rings. The molecule has 0 N–H and O–H groups in total. The molecule has 0 aliphatic carbocycles. The molecular formula is C15H12O2. The predicted octanol–water partition coefficient (Wildman–Crippen LogP) is 3.10. The van der Waals surface area contributed by atoms with Crippen LogP contribution in [0.3, 0.4) is 0 Å². The number of hydrogen-bond acceptors (Lipinski definition) is 2. The van der Waals surface area contributed by atoms with E-state index in [9.17, 15) is 4.79 Å². The molecule has 0 atom stereocenters. The van der Waals surface area contributed by atoms with Crippen molar-refractivity contribution in [1.82, 2.24) is 0 Å². The highest BCUT2D eigenvalue weighted by molar-refractivity contribution is 5.89. The van der Waals surface area contributed by atoms with E-state index in [1.807, 2.05) is 36.4 Å². The van der Waals surface area contributed by atoms with Gasteiger partial charge in [-0.25, -0.2) is 0 Å². The number of rotatable bonds is 2. The van der Waals surface area contributed by atoms with Gasteiger partial charge in [0.05, 0.1) is 6.61 Å². The molecule has 0 aromatic heterocycles. The average Bonchev–Trinajstić information content (AvgIpc) is 2.85. The summed E-state index contributed by atoms with van der Waals surface area (Å²) in [5.41, 5.74) is 3.94. The van der Waals surface area contributed by atoms with E-state index in [-0.39, 0.29) is 0 Å². The molecule has 84 valence electrons. The van der Waals surface area contributed by atoms with Gasteiger partial charge < -0.3 is 4.74 Å². The summed E-state index contributed by atoms with van der Waals surface area (Å²) in [7, 11) is 0. The highest BCUT2D eigenvalue weighted by Gasteiger charge is 2.16. The zero-order valence-corrected chi connectivity index (χ0v) is 9.35. The first-order chi connectivity index (χ1) is 8.38. The molecule has 1 heterocycles. The fraction of sp³-hybridized carbons (Fsp3) is 0.133. The van der Waals surface area contributed by atoms with Gasteiger partial charge >= 0.3 is 0 Å². The molecule has 2 heteroatoms. The third kappa shape index (κ3) is 1.72. The normalized spacial score (nSPS) is 12.9. The van der Waals surface area contributed by atoms with Gasteiger partial charge in [0.25, 0.3) is 0 Å². The number of aldehydes is 1. The molecule has 0 unspecified atom stereocenters. The lowest BCUT2D eigenvalue weighted by molar-refractivity contribution is 0.112. The number of benzene rings is 2. The van der Waals surface area contributed by atoms with Gasteiger partial charge in [-0.3, -0.25) is 4.79 Å². The van der Waals surface area contributed by atoms with E-state index in [0.717, 1.165) is 29.6 Å². The van der Waals surface area contributed by atoms with Crippen LogP contribution in [0, 0.1) is 0 Å². The molecule has 0 saturated carbocycles. The Morgan fingerprint density at radius 1 is 1.12 bits per heavy atom. The first-order valence-corrected chi connectivity index (χ1v) is 5.69. The molecule has 17 heavy (non-hydrogen) atoms. The molecule has 0 radical (unpaired) electrons. The van der Waals surface area contributed by atoms with E-state index in [2.05, 4.69) is 6.07 Å². The van der Waals surface area contributed by atoms with Crippen molar-refractivity contribution < 1.29 is 9.53 Å². The summed E-state index contributed by atoms with van der Waals surface area (Å²) < 4.78 is 5.47. The third-order valence-corrected chi connectivity index (χ3v) is 3.07. The van der Waals surface area contributed by atoms with Crippen molar-refractivity contribution >= 4 is 6.29 Å². The van der Waals surface area contributed by atoms with Crippen molar-refractivity contribution in [2.75, 3.05) is 6.61 Å². The third-order valence-electron chi connectivity index (χ3n) is 3.07. The maximum Gasteiger partial charge on any atom is 0.150 e. The molecule has 0 bridgehead atoms. The average molecular weight is 224 g/mol. The van der Waals surface area contributed by atoms with Crippen LogP contribution in [0.4, 0.5) is 0 Å². The number of carbonyl (C=O) groups is 1. The molecule has 3 rings (SSSR count). The summed E-state index contributed by atoms with van der Waals surface area (Å²) in [5, 5.41) is 0. The number of ether oxygens (including phenoxy) is 1. The van der Waals surface area contributed by atoms with Gasteiger partial charge in [0.15, 0.2) is 6.29 Å². The standard InChI is InChI=1S/C15H12O2/c16-10-13-9-15-12(6-7-17-15)8-14(13)11-4-2-1-3-5-11/h1-5,8-10H,6-7H2. The molecule has 0 saturated heterocycles. The summed E-state index contributed by atoms with van der Waals surface area (Å²) in [4.78, 5) is 11.1. The van der Waals surface area contributed by atoms with Gasteiger partial charge in [0.1, 0.15) is 5.75 Å². The Bertz CT molecular complexity index is 559. The number of fused-ring (bicyclic) bond motifs is 1. The van der Waals surface area contributed by atoms with E-state index in [0.29, 0.717) is 12.2 Å². The lowest BCUT2D eigenvalue weighted by Gasteiger charge is -2.08. The van der Waals surface area contributed by atoms with E-state index in [4.69, 9.17) is 4.74 Å². The van der Waals surface area contributed by atoms with Crippen LogP contribution in [-0.4, -0.2) is 12.9 Å². The van der Waals surface area contributed by atoms with Crippen LogP contribution in [-0.2, 0) is 6.42 Å². The van der Waals surface area contributed by atoms with Gasteiger partial charge in [-0.1, -0.05) is 30.3 Å². The lowest BCUT2D eigenvalue weighted by Crippen LogP contribution is -1.90. The molecule has 1 aliphatic rings.